The van der Waals surface area contributed by atoms with Crippen LogP contribution in [0.1, 0.15) is 10.5 Å². The Morgan fingerprint density at radius 1 is 1.18 bits per heavy atom. The van der Waals surface area contributed by atoms with Gasteiger partial charge in [-0.05, 0) is 24.3 Å². The van der Waals surface area contributed by atoms with Crippen molar-refractivity contribution in [2.75, 3.05) is 38.0 Å². The van der Waals surface area contributed by atoms with Crippen LogP contribution in [0.3, 0.4) is 0 Å². The molecule has 0 radical (unpaired) electrons. The number of nitrogens with zero attached hydrogens (tertiary/aromatic N) is 1. The molecule has 0 atom stereocenters. The smallest absolute Gasteiger partial charge is 0.274 e. The van der Waals surface area contributed by atoms with E-state index in [1.165, 1.54) is 0 Å². The van der Waals surface area contributed by atoms with Crippen molar-refractivity contribution >= 4 is 17.3 Å². The molecule has 1 heterocycles. The van der Waals surface area contributed by atoms with Crippen molar-refractivity contribution in [1.82, 2.24) is 4.98 Å². The van der Waals surface area contributed by atoms with E-state index in [9.17, 15) is 4.79 Å². The van der Waals surface area contributed by atoms with Gasteiger partial charge < -0.3 is 20.1 Å². The molecule has 0 saturated carbocycles. The number of hydrogen-bond acceptors (Lipinski definition) is 5. The van der Waals surface area contributed by atoms with Crippen LogP contribution >= 0.6 is 0 Å². The number of methoxy groups -OCH3 is 2. The zero-order chi connectivity index (χ0) is 15.8. The van der Waals surface area contributed by atoms with Crippen LogP contribution < -0.4 is 15.4 Å². The summed E-state index contributed by atoms with van der Waals surface area (Å²) < 4.78 is 10.1. The molecule has 22 heavy (non-hydrogen) atoms. The van der Waals surface area contributed by atoms with Gasteiger partial charge in [-0.25, -0.2) is 0 Å². The SMILES string of the molecule is COCCNc1ccnc(C(=O)Nc2cccc(OC)c2)c1. The highest BCUT2D eigenvalue weighted by molar-refractivity contribution is 6.03. The second kappa shape index (κ2) is 7.99. The Hall–Kier alpha value is -2.60. The van der Waals surface area contributed by atoms with Crippen molar-refractivity contribution in [3.8, 4) is 5.75 Å². The Morgan fingerprint density at radius 3 is 2.82 bits per heavy atom. The summed E-state index contributed by atoms with van der Waals surface area (Å²) in [5.41, 5.74) is 1.82. The monoisotopic (exact) mass is 301 g/mol. The first kappa shape index (κ1) is 15.8. The van der Waals surface area contributed by atoms with Gasteiger partial charge >= 0.3 is 0 Å². The number of carbonyl (C=O) groups is 1. The Morgan fingerprint density at radius 2 is 2.05 bits per heavy atom. The van der Waals surface area contributed by atoms with Crippen molar-refractivity contribution in [3.63, 3.8) is 0 Å². The van der Waals surface area contributed by atoms with Gasteiger partial charge in [0, 0.05) is 37.3 Å². The maximum atomic E-state index is 12.2. The van der Waals surface area contributed by atoms with Gasteiger partial charge in [0.25, 0.3) is 5.91 Å². The maximum Gasteiger partial charge on any atom is 0.274 e. The van der Waals surface area contributed by atoms with E-state index in [0.29, 0.717) is 30.3 Å². The van der Waals surface area contributed by atoms with E-state index < -0.39 is 0 Å². The Balaban J connectivity index is 2.03. The molecule has 6 nitrogen and oxygen atoms in total. The largest absolute Gasteiger partial charge is 0.497 e. The lowest BCUT2D eigenvalue weighted by molar-refractivity contribution is 0.102. The number of nitrogens with one attached hydrogen (secondary N) is 2. The number of benzene rings is 1. The van der Waals surface area contributed by atoms with Gasteiger partial charge in [-0.15, -0.1) is 0 Å². The van der Waals surface area contributed by atoms with Gasteiger partial charge in [0.15, 0.2) is 0 Å². The molecule has 0 bridgehead atoms. The predicted octanol–water partition coefficient (Wildman–Crippen LogP) is 2.40. The Labute approximate surface area is 129 Å². The fourth-order valence-electron chi connectivity index (χ4n) is 1.86. The van der Waals surface area contributed by atoms with E-state index in [2.05, 4.69) is 15.6 Å². The van der Waals surface area contributed by atoms with Crippen LogP contribution in [-0.2, 0) is 4.74 Å². The highest BCUT2D eigenvalue weighted by Gasteiger charge is 2.09. The van der Waals surface area contributed by atoms with Crippen LogP contribution in [0.2, 0.25) is 0 Å². The third-order valence-corrected chi connectivity index (χ3v) is 2.96. The first-order chi connectivity index (χ1) is 10.7. The molecule has 0 aliphatic carbocycles. The number of pyridine rings is 1. The summed E-state index contributed by atoms with van der Waals surface area (Å²) in [4.78, 5) is 16.3. The molecular formula is C16H19N3O3. The summed E-state index contributed by atoms with van der Waals surface area (Å²) in [5.74, 6) is 0.407. The highest BCUT2D eigenvalue weighted by Crippen LogP contribution is 2.17. The number of amides is 1. The summed E-state index contributed by atoms with van der Waals surface area (Å²) in [6, 6.07) is 10.7. The van der Waals surface area contributed by atoms with E-state index >= 15 is 0 Å². The van der Waals surface area contributed by atoms with Crippen LogP contribution in [0.15, 0.2) is 42.6 Å². The molecule has 0 spiro atoms. The second-order valence-electron chi connectivity index (χ2n) is 4.54. The molecule has 2 N–H and O–H groups in total. The minimum Gasteiger partial charge on any atom is -0.497 e. The average molecular weight is 301 g/mol. The standard InChI is InChI=1S/C16H19N3O3/c1-21-9-8-17-12-6-7-18-15(11-12)16(20)19-13-4-3-5-14(10-13)22-2/h3-7,10-11H,8-9H2,1-2H3,(H,17,18)(H,19,20). The zero-order valence-corrected chi connectivity index (χ0v) is 12.6. The average Bonchev–Trinajstić information content (AvgIpc) is 2.55. The van der Waals surface area contributed by atoms with Gasteiger partial charge in [-0.1, -0.05) is 6.07 Å². The molecular weight excluding hydrogens is 282 g/mol. The summed E-state index contributed by atoms with van der Waals surface area (Å²) in [5, 5.41) is 5.95. The summed E-state index contributed by atoms with van der Waals surface area (Å²) >= 11 is 0. The lowest BCUT2D eigenvalue weighted by atomic mass is 10.2. The topological polar surface area (TPSA) is 72.5 Å². The molecule has 1 aromatic heterocycles. The molecule has 0 saturated heterocycles. The number of ether oxygens (including phenoxy) is 2. The quantitative estimate of drug-likeness (QED) is 0.768. The van der Waals surface area contributed by atoms with Gasteiger partial charge in [0.05, 0.1) is 13.7 Å². The van der Waals surface area contributed by atoms with Crippen molar-refractivity contribution in [3.05, 3.63) is 48.3 Å². The fourth-order valence-corrected chi connectivity index (χ4v) is 1.86. The molecule has 2 rings (SSSR count). The van der Waals surface area contributed by atoms with E-state index in [-0.39, 0.29) is 5.91 Å². The first-order valence-corrected chi connectivity index (χ1v) is 6.87. The molecule has 0 aliphatic heterocycles. The maximum absolute atomic E-state index is 12.2. The molecule has 1 aromatic carbocycles. The molecule has 0 unspecified atom stereocenters. The van der Waals surface area contributed by atoms with Crippen molar-refractivity contribution in [1.29, 1.82) is 0 Å². The first-order valence-electron chi connectivity index (χ1n) is 6.87. The highest BCUT2D eigenvalue weighted by atomic mass is 16.5. The van der Waals surface area contributed by atoms with Crippen LogP contribution in [0.25, 0.3) is 0 Å². The normalized spacial score (nSPS) is 10.1. The van der Waals surface area contributed by atoms with Gasteiger partial charge in [0.1, 0.15) is 11.4 Å². The Kier molecular flexibility index (Phi) is 5.73. The third kappa shape index (κ3) is 4.46. The van der Waals surface area contributed by atoms with Crippen LogP contribution in [0.5, 0.6) is 5.75 Å². The van der Waals surface area contributed by atoms with Gasteiger partial charge in [-0.3, -0.25) is 9.78 Å². The lowest BCUT2D eigenvalue weighted by Gasteiger charge is -2.09. The van der Waals surface area contributed by atoms with E-state index in [1.54, 1.807) is 44.7 Å². The molecule has 2 aromatic rings. The molecule has 1 amide bonds. The lowest BCUT2D eigenvalue weighted by Crippen LogP contribution is -2.14. The number of hydrogen-bond donors (Lipinski definition) is 2. The summed E-state index contributed by atoms with van der Waals surface area (Å²) in [6.07, 6.45) is 1.59. The van der Waals surface area contributed by atoms with E-state index in [4.69, 9.17) is 9.47 Å². The Bertz CT molecular complexity index is 632. The van der Waals surface area contributed by atoms with Crippen molar-refractivity contribution in [2.24, 2.45) is 0 Å². The van der Waals surface area contributed by atoms with Crippen molar-refractivity contribution < 1.29 is 14.3 Å². The number of aromatic nitrogens is 1. The number of carbonyl (C=O) groups excluding carboxylic acids is 1. The number of rotatable bonds is 7. The fraction of sp³-hybridized carbons (Fsp3) is 0.250. The number of anilines is 2. The molecule has 6 heteroatoms. The second-order valence-corrected chi connectivity index (χ2v) is 4.54. The minimum atomic E-state index is -0.274. The van der Waals surface area contributed by atoms with Gasteiger partial charge in [0.2, 0.25) is 0 Å². The van der Waals surface area contributed by atoms with E-state index in [1.807, 2.05) is 12.1 Å². The summed E-state index contributed by atoms with van der Waals surface area (Å²) in [6.45, 7) is 1.26. The molecule has 0 aliphatic rings. The van der Waals surface area contributed by atoms with Gasteiger partial charge in [-0.2, -0.15) is 0 Å². The third-order valence-electron chi connectivity index (χ3n) is 2.96. The molecule has 116 valence electrons. The minimum absolute atomic E-state index is 0.274. The summed E-state index contributed by atoms with van der Waals surface area (Å²) in [7, 11) is 3.22. The predicted molar refractivity (Wildman–Crippen MR) is 85.5 cm³/mol. The zero-order valence-electron chi connectivity index (χ0n) is 12.6. The van der Waals surface area contributed by atoms with E-state index in [0.717, 1.165) is 5.69 Å². The molecule has 0 fully saturated rings. The van der Waals surface area contributed by atoms with Crippen LogP contribution in [0, 0.1) is 0 Å². The van der Waals surface area contributed by atoms with Crippen molar-refractivity contribution in [2.45, 2.75) is 0 Å². The van der Waals surface area contributed by atoms with Crippen LogP contribution in [0.4, 0.5) is 11.4 Å². The van der Waals surface area contributed by atoms with Crippen LogP contribution in [-0.4, -0.2) is 38.3 Å².